The molecule has 2 bridgehead atoms. The molecule has 2 atom stereocenters. The predicted molar refractivity (Wildman–Crippen MR) is 75.2 cm³/mol. The maximum atomic E-state index is 13.0. The van der Waals surface area contributed by atoms with Crippen LogP contribution >= 0.6 is 0 Å². The molecule has 0 radical (unpaired) electrons. The zero-order chi connectivity index (χ0) is 15.9. The Morgan fingerprint density at radius 3 is 2.73 bits per heavy atom. The van der Waals surface area contributed by atoms with Crippen molar-refractivity contribution in [3.05, 3.63) is 35.9 Å². The van der Waals surface area contributed by atoms with Gasteiger partial charge in [0.05, 0.1) is 0 Å². The van der Waals surface area contributed by atoms with E-state index in [1.165, 1.54) is 12.1 Å². The lowest BCUT2D eigenvalue weighted by atomic mass is 9.95. The van der Waals surface area contributed by atoms with E-state index in [4.69, 9.17) is 0 Å². The maximum absolute atomic E-state index is 13.0. The number of fused-ring (bicyclic) bond motifs is 2. The van der Waals surface area contributed by atoms with Crippen molar-refractivity contribution < 1.29 is 22.3 Å². The van der Waals surface area contributed by atoms with E-state index < -0.39 is 12.5 Å². The lowest BCUT2D eigenvalue weighted by molar-refractivity contribution is -0.253. The minimum Gasteiger partial charge on any atom is -0.428 e. The summed E-state index contributed by atoms with van der Waals surface area (Å²) in [6.45, 7) is 0. The summed E-state index contributed by atoms with van der Waals surface area (Å²) in [6.07, 6.45) is -3.16. The molecule has 2 aliphatic rings. The normalized spacial score (nSPS) is 25.5. The molecule has 0 N–H and O–H groups in total. The van der Waals surface area contributed by atoms with E-state index in [0.717, 1.165) is 30.4 Å². The topological polar surface area (TPSA) is 12.5 Å². The summed E-state index contributed by atoms with van der Waals surface area (Å²) in [4.78, 5) is 2.31. The third-order valence-corrected chi connectivity index (χ3v) is 4.46. The first-order valence-electron chi connectivity index (χ1n) is 7.25. The second-order valence-corrected chi connectivity index (χ2v) is 5.85. The van der Waals surface area contributed by atoms with Crippen LogP contribution in [0.3, 0.4) is 0 Å². The molecule has 22 heavy (non-hydrogen) atoms. The standard InChI is InChI=1S/C16H17F4NO/c1-21-12-5-6-13(21)8-11(7-12)10-3-2-4-14(9-10)22-16(19,20)15(17)18/h2-4,7,9,12-13,15H,5-6,8H2,1H3. The summed E-state index contributed by atoms with van der Waals surface area (Å²) < 4.78 is 54.6. The maximum Gasteiger partial charge on any atom is 0.461 e. The fraction of sp³-hybridized carbons (Fsp3) is 0.500. The summed E-state index contributed by atoms with van der Waals surface area (Å²) >= 11 is 0. The Labute approximate surface area is 126 Å². The molecule has 0 aromatic heterocycles. The minimum absolute atomic E-state index is 0.241. The van der Waals surface area contributed by atoms with E-state index in [1.807, 2.05) is 0 Å². The highest BCUT2D eigenvalue weighted by Crippen LogP contribution is 2.38. The fourth-order valence-corrected chi connectivity index (χ4v) is 3.22. The zero-order valence-corrected chi connectivity index (χ0v) is 12.1. The average Bonchev–Trinajstić information content (AvgIpc) is 2.69. The average molecular weight is 315 g/mol. The third kappa shape index (κ3) is 2.84. The van der Waals surface area contributed by atoms with E-state index in [0.29, 0.717) is 12.1 Å². The van der Waals surface area contributed by atoms with Crippen molar-refractivity contribution in [2.24, 2.45) is 0 Å². The van der Waals surface area contributed by atoms with E-state index in [1.54, 1.807) is 12.1 Å². The predicted octanol–water partition coefficient (Wildman–Crippen LogP) is 4.17. The molecular weight excluding hydrogens is 298 g/mol. The van der Waals surface area contributed by atoms with Crippen LogP contribution in [0, 0.1) is 0 Å². The molecule has 0 amide bonds. The Balaban J connectivity index is 1.82. The van der Waals surface area contributed by atoms with Crippen LogP contribution in [0.5, 0.6) is 5.75 Å². The van der Waals surface area contributed by atoms with E-state index in [2.05, 4.69) is 22.8 Å². The molecule has 1 fully saturated rings. The minimum atomic E-state index is -4.47. The molecule has 2 heterocycles. The molecule has 2 aliphatic heterocycles. The third-order valence-electron chi connectivity index (χ3n) is 4.46. The Morgan fingerprint density at radius 1 is 1.27 bits per heavy atom. The number of hydrogen-bond acceptors (Lipinski definition) is 2. The molecule has 3 rings (SSSR count). The van der Waals surface area contributed by atoms with Crippen LogP contribution in [0.25, 0.3) is 5.57 Å². The Hall–Kier alpha value is -1.56. The van der Waals surface area contributed by atoms with Crippen LogP contribution in [-0.2, 0) is 0 Å². The zero-order valence-electron chi connectivity index (χ0n) is 12.1. The highest BCUT2D eigenvalue weighted by atomic mass is 19.3. The molecule has 0 aliphatic carbocycles. The van der Waals surface area contributed by atoms with Gasteiger partial charge in [0.2, 0.25) is 0 Å². The van der Waals surface area contributed by atoms with E-state index in [9.17, 15) is 17.6 Å². The quantitative estimate of drug-likeness (QED) is 0.773. The van der Waals surface area contributed by atoms with Crippen LogP contribution in [0.15, 0.2) is 30.3 Å². The van der Waals surface area contributed by atoms with Gasteiger partial charge in [0.1, 0.15) is 5.75 Å². The summed E-state index contributed by atoms with van der Waals surface area (Å²) in [7, 11) is 2.08. The lowest BCUT2D eigenvalue weighted by Crippen LogP contribution is -2.34. The molecule has 1 aromatic carbocycles. The van der Waals surface area contributed by atoms with Crippen molar-refractivity contribution in [2.75, 3.05) is 7.05 Å². The molecule has 0 saturated carbocycles. The van der Waals surface area contributed by atoms with Gasteiger partial charge >= 0.3 is 12.5 Å². The number of nitrogens with zero attached hydrogens (tertiary/aromatic N) is 1. The van der Waals surface area contributed by atoms with Gasteiger partial charge in [0.15, 0.2) is 0 Å². The second kappa shape index (κ2) is 5.57. The number of halogens is 4. The van der Waals surface area contributed by atoms with Gasteiger partial charge < -0.3 is 4.74 Å². The van der Waals surface area contributed by atoms with Crippen LogP contribution in [-0.4, -0.2) is 36.6 Å². The van der Waals surface area contributed by atoms with Gasteiger partial charge in [-0.2, -0.15) is 17.6 Å². The van der Waals surface area contributed by atoms with Gasteiger partial charge in [-0.1, -0.05) is 18.2 Å². The van der Waals surface area contributed by atoms with E-state index in [-0.39, 0.29) is 5.75 Å². The highest BCUT2D eigenvalue weighted by molar-refractivity contribution is 5.69. The van der Waals surface area contributed by atoms with Gasteiger partial charge in [-0.15, -0.1) is 0 Å². The summed E-state index contributed by atoms with van der Waals surface area (Å²) in [5.41, 5.74) is 1.82. The molecule has 0 spiro atoms. The highest BCUT2D eigenvalue weighted by Gasteiger charge is 2.44. The SMILES string of the molecule is CN1C2C=C(c3cccc(OC(F)(F)C(F)F)c3)CC1CC2. The smallest absolute Gasteiger partial charge is 0.428 e. The molecule has 1 saturated heterocycles. The molecular formula is C16H17F4NO. The number of benzene rings is 1. The number of hydrogen-bond donors (Lipinski definition) is 0. The fourth-order valence-electron chi connectivity index (χ4n) is 3.22. The van der Waals surface area contributed by atoms with Crippen LogP contribution in [0.4, 0.5) is 17.6 Å². The van der Waals surface area contributed by atoms with Gasteiger partial charge in [-0.25, -0.2) is 0 Å². The van der Waals surface area contributed by atoms with Crippen molar-refractivity contribution in [2.45, 2.75) is 43.9 Å². The molecule has 120 valence electrons. The van der Waals surface area contributed by atoms with Crippen molar-refractivity contribution in [1.29, 1.82) is 0 Å². The van der Waals surface area contributed by atoms with Gasteiger partial charge in [-0.3, -0.25) is 4.90 Å². The Kier molecular flexibility index (Phi) is 3.89. The van der Waals surface area contributed by atoms with Crippen LogP contribution in [0.2, 0.25) is 0 Å². The second-order valence-electron chi connectivity index (χ2n) is 5.85. The molecule has 1 aromatic rings. The van der Waals surface area contributed by atoms with Crippen LogP contribution < -0.4 is 4.74 Å². The van der Waals surface area contributed by atoms with Gasteiger partial charge in [0.25, 0.3) is 0 Å². The summed E-state index contributed by atoms with van der Waals surface area (Å²) in [5, 5.41) is 0. The molecule has 6 heteroatoms. The number of alkyl halides is 4. The molecule has 2 nitrogen and oxygen atoms in total. The van der Waals surface area contributed by atoms with E-state index >= 15 is 0 Å². The largest absolute Gasteiger partial charge is 0.461 e. The lowest BCUT2D eigenvalue weighted by Gasteiger charge is -2.30. The Bertz CT molecular complexity index is 587. The van der Waals surface area contributed by atoms with Crippen molar-refractivity contribution in [1.82, 2.24) is 4.90 Å². The van der Waals surface area contributed by atoms with Crippen molar-refractivity contribution in [3.8, 4) is 5.75 Å². The monoisotopic (exact) mass is 315 g/mol. The summed E-state index contributed by atoms with van der Waals surface area (Å²) in [6, 6.07) is 6.84. The summed E-state index contributed by atoms with van der Waals surface area (Å²) in [5.74, 6) is -0.241. The first kappa shape index (κ1) is 15.3. The van der Waals surface area contributed by atoms with Gasteiger partial charge in [0, 0.05) is 12.1 Å². The first-order valence-corrected chi connectivity index (χ1v) is 7.25. The Morgan fingerprint density at radius 2 is 2.05 bits per heavy atom. The van der Waals surface area contributed by atoms with Crippen molar-refractivity contribution >= 4 is 5.57 Å². The molecule has 2 unspecified atom stereocenters. The van der Waals surface area contributed by atoms with Crippen LogP contribution in [0.1, 0.15) is 24.8 Å². The van der Waals surface area contributed by atoms with Crippen molar-refractivity contribution in [3.63, 3.8) is 0 Å². The number of ether oxygens (including phenoxy) is 1. The van der Waals surface area contributed by atoms with Gasteiger partial charge in [-0.05, 0) is 49.6 Å². The number of rotatable bonds is 4. The number of likely N-dealkylation sites (N-methyl/N-ethyl adjacent to an activating group) is 1. The first-order chi connectivity index (χ1) is 10.4.